The van der Waals surface area contributed by atoms with Gasteiger partial charge in [0.15, 0.2) is 0 Å². The highest BCUT2D eigenvalue weighted by Crippen LogP contribution is 2.37. The van der Waals surface area contributed by atoms with Crippen LogP contribution in [0.15, 0.2) is 78.9 Å². The van der Waals surface area contributed by atoms with Gasteiger partial charge in [-0.25, -0.2) is 0 Å². The van der Waals surface area contributed by atoms with Gasteiger partial charge in [0.2, 0.25) is 0 Å². The lowest BCUT2D eigenvalue weighted by Crippen LogP contribution is -1.88. The van der Waals surface area contributed by atoms with Crippen molar-refractivity contribution < 1.29 is 0 Å². The van der Waals surface area contributed by atoms with E-state index >= 15 is 0 Å². The van der Waals surface area contributed by atoms with Crippen molar-refractivity contribution in [3.05, 3.63) is 96.4 Å². The molecule has 0 aromatic heterocycles. The van der Waals surface area contributed by atoms with E-state index in [2.05, 4.69) is 91.4 Å². The van der Waals surface area contributed by atoms with Gasteiger partial charge in [-0.15, -0.1) is 0 Å². The van der Waals surface area contributed by atoms with Gasteiger partial charge in [-0.2, -0.15) is 0 Å². The van der Waals surface area contributed by atoms with E-state index in [4.69, 9.17) is 0 Å². The molecule has 0 fully saturated rings. The van der Waals surface area contributed by atoms with E-state index < -0.39 is 0 Å². The molecule has 4 aromatic carbocycles. The average molecular weight is 291 g/mol. The molecule has 0 amide bonds. The van der Waals surface area contributed by atoms with E-state index in [1.165, 1.54) is 43.8 Å². The fraction of sp³-hybridized carbons (Fsp3) is 0. The largest absolute Gasteiger partial charge is 0.0754 e. The maximum Gasteiger partial charge on any atom is 0.0131 e. The second-order valence-corrected chi connectivity index (χ2v) is 6.02. The summed E-state index contributed by atoms with van der Waals surface area (Å²) in [5, 5.41) is 5.26. The number of fused-ring (bicyclic) bond motifs is 4. The molecule has 1 aliphatic rings. The van der Waals surface area contributed by atoms with E-state index in [0.29, 0.717) is 0 Å². The van der Waals surface area contributed by atoms with Crippen LogP contribution < -0.4 is 0 Å². The van der Waals surface area contributed by atoms with Gasteiger partial charge in [-0.1, -0.05) is 84.9 Å². The van der Waals surface area contributed by atoms with E-state index in [-0.39, 0.29) is 0 Å². The minimum absolute atomic E-state index is 1.30. The third-order valence-corrected chi connectivity index (χ3v) is 4.76. The highest BCUT2D eigenvalue weighted by molar-refractivity contribution is 6.12. The molecule has 0 bridgehead atoms. The van der Waals surface area contributed by atoms with Crippen LogP contribution in [0.4, 0.5) is 0 Å². The topological polar surface area (TPSA) is 0 Å². The predicted molar refractivity (Wildman–Crippen MR) is 99.3 cm³/mol. The van der Waals surface area contributed by atoms with Gasteiger partial charge in [0.25, 0.3) is 0 Å². The van der Waals surface area contributed by atoms with E-state index in [9.17, 15) is 0 Å². The van der Waals surface area contributed by atoms with Crippen LogP contribution in [0.1, 0.15) is 11.1 Å². The summed E-state index contributed by atoms with van der Waals surface area (Å²) in [6.45, 7) is 0. The normalized spacial score (nSPS) is 12.9. The molecule has 0 aliphatic heterocycles. The fourth-order valence-corrected chi connectivity index (χ4v) is 3.67. The number of rotatable bonds is 1. The van der Waals surface area contributed by atoms with Crippen molar-refractivity contribution in [1.29, 1.82) is 0 Å². The minimum Gasteiger partial charge on any atom is -0.0754 e. The molecule has 0 N–H and O–H groups in total. The highest BCUT2D eigenvalue weighted by Gasteiger charge is 2.13. The Kier molecular flexibility index (Phi) is 2.65. The van der Waals surface area contributed by atoms with Crippen LogP contribution in [0.25, 0.3) is 38.7 Å². The Labute approximate surface area is 135 Å². The van der Waals surface area contributed by atoms with Gasteiger partial charge in [0.05, 0.1) is 0 Å². The Morgan fingerprint density at radius 1 is 0.522 bits per heavy atom. The summed E-state index contributed by atoms with van der Waals surface area (Å²) in [6.07, 6.45) is 6.53. The maximum absolute atomic E-state index is 2.26. The van der Waals surface area contributed by atoms with Gasteiger partial charge in [-0.3, -0.25) is 0 Å². The molecule has 0 heterocycles. The Hall–Kier alpha value is -2.86. The van der Waals surface area contributed by atoms with Gasteiger partial charge < -0.3 is 0 Å². The van der Waals surface area contributed by atoms with Crippen molar-refractivity contribution in [2.75, 3.05) is 0 Å². The van der Waals surface area contributed by atoms with Crippen molar-refractivity contribution in [2.24, 2.45) is 0 Å². The maximum atomic E-state index is 2.26. The second kappa shape index (κ2) is 4.82. The molecule has 0 saturated carbocycles. The summed E-state index contributed by atoms with van der Waals surface area (Å²) in [4.78, 5) is 0. The molecule has 23 heavy (non-hydrogen) atoms. The summed E-state index contributed by atoms with van der Waals surface area (Å²) in [6, 6.07) is 26.3. The molecule has 1 aliphatic carbocycles. The molecule has 1 radical (unpaired) electrons. The van der Waals surface area contributed by atoms with Crippen LogP contribution in [0.5, 0.6) is 0 Å². The summed E-state index contributed by atoms with van der Waals surface area (Å²) in [5.74, 6) is 0. The third kappa shape index (κ3) is 1.85. The molecule has 0 atom stereocenters. The first-order valence-corrected chi connectivity index (χ1v) is 7.97. The number of benzene rings is 4. The van der Waals surface area contributed by atoms with Crippen LogP contribution in [0.2, 0.25) is 0 Å². The zero-order valence-electron chi connectivity index (χ0n) is 12.7. The molecule has 4 aromatic rings. The number of hydrogen-bond acceptors (Lipinski definition) is 0. The summed E-state index contributed by atoms with van der Waals surface area (Å²) in [7, 11) is 0. The van der Waals surface area contributed by atoms with Crippen molar-refractivity contribution >= 4 is 27.6 Å². The third-order valence-electron chi connectivity index (χ3n) is 4.76. The van der Waals surface area contributed by atoms with Gasteiger partial charge in [0.1, 0.15) is 0 Å². The van der Waals surface area contributed by atoms with Crippen LogP contribution in [0.3, 0.4) is 0 Å². The predicted octanol–water partition coefficient (Wildman–Crippen LogP) is 6.24. The molecule has 0 saturated heterocycles. The SMILES string of the molecule is [CH]1C=Cc2c1cccc2-c1cccc2c1ccc1ccccc12. The van der Waals surface area contributed by atoms with E-state index in [0.717, 1.165) is 0 Å². The quantitative estimate of drug-likeness (QED) is 0.364. The van der Waals surface area contributed by atoms with E-state index in [1.807, 2.05) is 0 Å². The van der Waals surface area contributed by atoms with Gasteiger partial charge in [-0.05, 0) is 43.8 Å². The van der Waals surface area contributed by atoms with Crippen LogP contribution in [-0.2, 0) is 0 Å². The zero-order valence-corrected chi connectivity index (χ0v) is 12.7. The fourth-order valence-electron chi connectivity index (χ4n) is 3.67. The smallest absolute Gasteiger partial charge is 0.0131 e. The summed E-state index contributed by atoms with van der Waals surface area (Å²) >= 11 is 0. The lowest BCUT2D eigenvalue weighted by atomic mass is 9.91. The van der Waals surface area contributed by atoms with Crippen molar-refractivity contribution in [3.8, 4) is 11.1 Å². The number of allylic oxidation sites excluding steroid dienone is 1. The van der Waals surface area contributed by atoms with Crippen LogP contribution >= 0.6 is 0 Å². The first kappa shape index (κ1) is 12.7. The summed E-state index contributed by atoms with van der Waals surface area (Å²) in [5.41, 5.74) is 5.26. The van der Waals surface area contributed by atoms with Gasteiger partial charge >= 0.3 is 0 Å². The Bertz CT molecular complexity index is 1080. The first-order chi connectivity index (χ1) is 11.4. The van der Waals surface area contributed by atoms with Crippen LogP contribution in [0, 0.1) is 6.42 Å². The van der Waals surface area contributed by atoms with Crippen molar-refractivity contribution in [2.45, 2.75) is 0 Å². The number of hydrogen-bond donors (Lipinski definition) is 0. The summed E-state index contributed by atoms with van der Waals surface area (Å²) < 4.78 is 0. The minimum atomic E-state index is 1.30. The molecule has 0 spiro atoms. The average Bonchev–Trinajstić information content (AvgIpc) is 3.10. The molecule has 0 unspecified atom stereocenters. The Balaban J connectivity index is 1.89. The monoisotopic (exact) mass is 291 g/mol. The lowest BCUT2D eigenvalue weighted by Gasteiger charge is -2.12. The molecular formula is C23H15. The Morgan fingerprint density at radius 3 is 2.35 bits per heavy atom. The molecule has 0 heteroatoms. The van der Waals surface area contributed by atoms with Crippen molar-refractivity contribution in [1.82, 2.24) is 0 Å². The van der Waals surface area contributed by atoms with Crippen LogP contribution in [-0.4, -0.2) is 0 Å². The molecular weight excluding hydrogens is 276 g/mol. The molecule has 107 valence electrons. The standard InChI is InChI=1S/C23H15/c1-2-9-18-17(6-1)14-15-23-21(18)12-5-13-22(23)20-11-4-8-16-7-3-10-19(16)20/h1-15H. The zero-order chi connectivity index (χ0) is 15.2. The first-order valence-electron chi connectivity index (χ1n) is 7.97. The van der Waals surface area contributed by atoms with E-state index in [1.54, 1.807) is 0 Å². The highest BCUT2D eigenvalue weighted by atomic mass is 14.2. The Morgan fingerprint density at radius 2 is 1.35 bits per heavy atom. The van der Waals surface area contributed by atoms with Crippen molar-refractivity contribution in [3.63, 3.8) is 0 Å². The molecule has 0 nitrogen and oxygen atoms in total. The van der Waals surface area contributed by atoms with Gasteiger partial charge in [0, 0.05) is 6.42 Å². The second-order valence-electron chi connectivity index (χ2n) is 6.02. The lowest BCUT2D eigenvalue weighted by molar-refractivity contribution is 1.54. The molecule has 5 rings (SSSR count).